The molecule has 0 atom stereocenters. The first-order chi connectivity index (χ1) is 13.7. The van der Waals surface area contributed by atoms with Crippen molar-refractivity contribution in [1.82, 2.24) is 10.3 Å². The summed E-state index contributed by atoms with van der Waals surface area (Å²) in [6, 6.07) is 25.8. The van der Waals surface area contributed by atoms with Gasteiger partial charge < -0.3 is 14.8 Å². The number of amides is 1. The molecule has 3 aromatic carbocycles. The van der Waals surface area contributed by atoms with E-state index >= 15 is 0 Å². The summed E-state index contributed by atoms with van der Waals surface area (Å²) in [6.45, 7) is 0. The summed E-state index contributed by atoms with van der Waals surface area (Å²) in [5.74, 6) is -0.120. The molecule has 4 rings (SSSR count). The van der Waals surface area contributed by atoms with Crippen molar-refractivity contribution >= 4 is 5.91 Å². The number of hydrogen-bond donors (Lipinski definition) is 2. The minimum atomic E-state index is -0.358. The van der Waals surface area contributed by atoms with E-state index in [0.717, 1.165) is 11.1 Å². The van der Waals surface area contributed by atoms with Crippen LogP contribution in [0.15, 0.2) is 95.6 Å². The number of aromatic nitrogens is 1. The number of hydrogen-bond acceptors (Lipinski definition) is 4. The second-order valence-electron chi connectivity index (χ2n) is 6.28. The SMILES string of the molecule is O=C(NC(c1ccccc1)c1ccccc1)c1coc(-c2ccccc2O)n1. The second kappa shape index (κ2) is 7.80. The first kappa shape index (κ1) is 17.5. The molecular formula is C23H18N2O3. The molecule has 1 amide bonds. The molecule has 0 unspecified atom stereocenters. The largest absolute Gasteiger partial charge is 0.507 e. The van der Waals surface area contributed by atoms with Gasteiger partial charge in [0.1, 0.15) is 12.0 Å². The molecule has 0 fully saturated rings. The van der Waals surface area contributed by atoms with Crippen molar-refractivity contribution in [3.8, 4) is 17.2 Å². The number of phenolic OH excluding ortho intramolecular Hbond substituents is 1. The number of para-hydroxylation sites is 1. The third-order valence-electron chi connectivity index (χ3n) is 4.41. The topological polar surface area (TPSA) is 75.4 Å². The zero-order chi connectivity index (χ0) is 19.3. The van der Waals surface area contributed by atoms with Crippen LogP contribution >= 0.6 is 0 Å². The van der Waals surface area contributed by atoms with Gasteiger partial charge in [-0.2, -0.15) is 0 Å². The van der Waals surface area contributed by atoms with E-state index in [9.17, 15) is 9.90 Å². The van der Waals surface area contributed by atoms with E-state index in [0.29, 0.717) is 5.56 Å². The lowest BCUT2D eigenvalue weighted by molar-refractivity contribution is 0.0938. The van der Waals surface area contributed by atoms with Crippen LogP contribution in [0.4, 0.5) is 0 Å². The average molecular weight is 370 g/mol. The lowest BCUT2D eigenvalue weighted by atomic mass is 9.98. The fourth-order valence-electron chi connectivity index (χ4n) is 3.01. The van der Waals surface area contributed by atoms with E-state index in [4.69, 9.17) is 4.42 Å². The maximum absolute atomic E-state index is 12.8. The Bertz CT molecular complexity index is 1040. The van der Waals surface area contributed by atoms with Crippen molar-refractivity contribution in [2.75, 3.05) is 0 Å². The number of phenols is 1. The number of carbonyl (C=O) groups is 1. The van der Waals surface area contributed by atoms with Crippen LogP contribution in [0, 0.1) is 0 Å². The zero-order valence-corrected chi connectivity index (χ0v) is 14.9. The first-order valence-corrected chi connectivity index (χ1v) is 8.87. The molecule has 0 aliphatic carbocycles. The van der Waals surface area contributed by atoms with E-state index < -0.39 is 0 Å². The summed E-state index contributed by atoms with van der Waals surface area (Å²) < 4.78 is 5.41. The highest BCUT2D eigenvalue weighted by molar-refractivity contribution is 5.93. The molecule has 4 aromatic rings. The van der Waals surface area contributed by atoms with Crippen LogP contribution in [-0.4, -0.2) is 16.0 Å². The third-order valence-corrected chi connectivity index (χ3v) is 4.41. The molecule has 1 aromatic heterocycles. The van der Waals surface area contributed by atoms with Crippen molar-refractivity contribution in [1.29, 1.82) is 0 Å². The number of oxazole rings is 1. The van der Waals surface area contributed by atoms with Crippen molar-refractivity contribution in [3.63, 3.8) is 0 Å². The van der Waals surface area contributed by atoms with E-state index in [1.165, 1.54) is 6.26 Å². The molecule has 0 spiro atoms. The molecule has 0 saturated heterocycles. The number of carbonyl (C=O) groups excluding carboxylic acids is 1. The molecule has 0 saturated carbocycles. The smallest absolute Gasteiger partial charge is 0.274 e. The normalized spacial score (nSPS) is 10.8. The predicted octanol–water partition coefficient (Wildman–Crippen LogP) is 4.57. The number of benzene rings is 3. The summed E-state index contributed by atoms with van der Waals surface area (Å²) in [6.07, 6.45) is 1.30. The van der Waals surface area contributed by atoms with Crippen molar-refractivity contribution in [2.24, 2.45) is 0 Å². The molecule has 0 aliphatic heterocycles. The maximum atomic E-state index is 12.8. The minimum Gasteiger partial charge on any atom is -0.507 e. The molecule has 1 heterocycles. The van der Waals surface area contributed by atoms with E-state index in [2.05, 4.69) is 10.3 Å². The van der Waals surface area contributed by atoms with Crippen LogP contribution in [0.1, 0.15) is 27.7 Å². The number of nitrogens with zero attached hydrogens (tertiary/aromatic N) is 1. The Kier molecular flexibility index (Phi) is 4.89. The summed E-state index contributed by atoms with van der Waals surface area (Å²) in [4.78, 5) is 17.1. The third kappa shape index (κ3) is 3.64. The van der Waals surface area contributed by atoms with Gasteiger partial charge >= 0.3 is 0 Å². The Morgan fingerprint density at radius 2 is 1.43 bits per heavy atom. The van der Waals surface area contributed by atoms with Gasteiger partial charge in [0.05, 0.1) is 11.6 Å². The minimum absolute atomic E-state index is 0.0442. The second-order valence-corrected chi connectivity index (χ2v) is 6.28. The summed E-state index contributed by atoms with van der Waals surface area (Å²) in [5, 5.41) is 13.0. The van der Waals surface area contributed by atoms with Crippen molar-refractivity contribution in [3.05, 3.63) is 108 Å². The summed E-state index contributed by atoms with van der Waals surface area (Å²) >= 11 is 0. The Morgan fingerprint density at radius 1 is 0.857 bits per heavy atom. The van der Waals surface area contributed by atoms with Crippen LogP contribution in [0.3, 0.4) is 0 Å². The number of nitrogens with one attached hydrogen (secondary N) is 1. The number of rotatable bonds is 5. The van der Waals surface area contributed by atoms with Gasteiger partial charge in [0.15, 0.2) is 5.69 Å². The van der Waals surface area contributed by atoms with Gasteiger partial charge in [-0.25, -0.2) is 4.98 Å². The van der Waals surface area contributed by atoms with Crippen LogP contribution in [-0.2, 0) is 0 Å². The molecule has 0 bridgehead atoms. The molecule has 28 heavy (non-hydrogen) atoms. The Balaban J connectivity index is 1.61. The average Bonchev–Trinajstić information content (AvgIpc) is 3.23. The highest BCUT2D eigenvalue weighted by atomic mass is 16.3. The van der Waals surface area contributed by atoms with Crippen LogP contribution < -0.4 is 5.32 Å². The Hall–Kier alpha value is -3.86. The first-order valence-electron chi connectivity index (χ1n) is 8.87. The van der Waals surface area contributed by atoms with Gasteiger partial charge in [0.2, 0.25) is 5.89 Å². The molecule has 0 aliphatic rings. The Morgan fingerprint density at radius 3 is 2.04 bits per heavy atom. The molecular weight excluding hydrogens is 352 g/mol. The fraction of sp³-hybridized carbons (Fsp3) is 0.0435. The van der Waals surface area contributed by atoms with Gasteiger partial charge in [-0.05, 0) is 23.3 Å². The molecule has 2 N–H and O–H groups in total. The zero-order valence-electron chi connectivity index (χ0n) is 14.9. The van der Waals surface area contributed by atoms with Gasteiger partial charge in [-0.3, -0.25) is 4.79 Å². The quantitative estimate of drug-likeness (QED) is 0.540. The van der Waals surface area contributed by atoms with Gasteiger partial charge in [0.25, 0.3) is 5.91 Å². The van der Waals surface area contributed by atoms with Crippen molar-refractivity contribution in [2.45, 2.75) is 6.04 Å². The summed E-state index contributed by atoms with van der Waals surface area (Å²) in [7, 11) is 0. The highest BCUT2D eigenvalue weighted by Crippen LogP contribution is 2.28. The highest BCUT2D eigenvalue weighted by Gasteiger charge is 2.21. The van der Waals surface area contributed by atoms with Crippen LogP contribution in [0.25, 0.3) is 11.5 Å². The maximum Gasteiger partial charge on any atom is 0.274 e. The van der Waals surface area contributed by atoms with E-state index in [1.54, 1.807) is 24.3 Å². The molecule has 5 heteroatoms. The molecule has 5 nitrogen and oxygen atoms in total. The monoisotopic (exact) mass is 370 g/mol. The summed E-state index contributed by atoms with van der Waals surface area (Å²) in [5.41, 5.74) is 2.51. The lowest BCUT2D eigenvalue weighted by Gasteiger charge is -2.19. The standard InChI is InChI=1S/C23H18N2O3/c26-20-14-8-7-13-18(20)23-24-19(15-28-23)22(27)25-21(16-9-3-1-4-10-16)17-11-5-2-6-12-17/h1-15,21,26H,(H,25,27). The van der Waals surface area contributed by atoms with Gasteiger partial charge in [-0.15, -0.1) is 0 Å². The van der Waals surface area contributed by atoms with Gasteiger partial charge in [0, 0.05) is 0 Å². The fourth-order valence-corrected chi connectivity index (χ4v) is 3.01. The number of aromatic hydroxyl groups is 1. The van der Waals surface area contributed by atoms with E-state index in [1.807, 2.05) is 60.7 Å². The lowest BCUT2D eigenvalue weighted by Crippen LogP contribution is -2.29. The van der Waals surface area contributed by atoms with Crippen molar-refractivity contribution < 1.29 is 14.3 Å². The van der Waals surface area contributed by atoms with Crippen LogP contribution in [0.2, 0.25) is 0 Å². The van der Waals surface area contributed by atoms with Gasteiger partial charge in [-0.1, -0.05) is 72.8 Å². The predicted molar refractivity (Wildman–Crippen MR) is 106 cm³/mol. The van der Waals surface area contributed by atoms with Crippen LogP contribution in [0.5, 0.6) is 5.75 Å². The molecule has 0 radical (unpaired) electrons. The van der Waals surface area contributed by atoms with E-state index in [-0.39, 0.29) is 29.3 Å². The molecule has 138 valence electrons. The Labute approximate surface area is 162 Å².